The minimum Gasteiger partial charge on any atom is -0.341 e. The summed E-state index contributed by atoms with van der Waals surface area (Å²) in [6, 6.07) is 6.83. The van der Waals surface area contributed by atoms with E-state index in [4.69, 9.17) is 11.6 Å². The number of amides is 1. The Kier molecular flexibility index (Phi) is 6.62. The lowest BCUT2D eigenvalue weighted by Gasteiger charge is -2.18. The van der Waals surface area contributed by atoms with E-state index >= 15 is 0 Å². The number of rotatable bonds is 7. The first-order chi connectivity index (χ1) is 11.0. The van der Waals surface area contributed by atoms with Crippen molar-refractivity contribution in [3.05, 3.63) is 34.9 Å². The smallest absolute Gasteiger partial charge is 0.223 e. The first kappa shape index (κ1) is 18.0. The second kappa shape index (κ2) is 8.47. The van der Waals surface area contributed by atoms with Gasteiger partial charge >= 0.3 is 0 Å². The van der Waals surface area contributed by atoms with E-state index in [-0.39, 0.29) is 30.4 Å². The van der Waals surface area contributed by atoms with Crippen LogP contribution in [0.2, 0.25) is 5.02 Å². The normalized spacial score (nSPS) is 20.3. The Bertz CT molecular complexity index is 579. The van der Waals surface area contributed by atoms with E-state index in [0.717, 1.165) is 11.8 Å². The summed E-state index contributed by atoms with van der Waals surface area (Å²) in [5.74, 6) is 0.126. The summed E-state index contributed by atoms with van der Waals surface area (Å²) < 4.78 is 2.95. The topological polar surface area (TPSA) is 66.5 Å². The van der Waals surface area contributed by atoms with Crippen molar-refractivity contribution < 1.29 is 14.4 Å². The van der Waals surface area contributed by atoms with Crippen LogP contribution in [0, 0.1) is 5.92 Å². The Morgan fingerprint density at radius 3 is 2.70 bits per heavy atom. The number of hydrogen-bond donors (Lipinski definition) is 1. The van der Waals surface area contributed by atoms with Crippen LogP contribution in [0.25, 0.3) is 0 Å². The molecule has 1 amide bonds. The molecule has 0 aliphatic carbocycles. The van der Waals surface area contributed by atoms with Crippen molar-refractivity contribution in [3.8, 4) is 0 Å². The number of carbonyl (C=O) groups is 3. The second-order valence-corrected chi connectivity index (χ2v) is 6.84. The molecule has 23 heavy (non-hydrogen) atoms. The van der Waals surface area contributed by atoms with Crippen molar-refractivity contribution in [3.63, 3.8) is 0 Å². The molecule has 5 nitrogen and oxygen atoms in total. The quantitative estimate of drug-likeness (QED) is 0.600. The fourth-order valence-corrected chi connectivity index (χ4v) is 3.54. The number of carbonyl (C=O) groups excluding carboxylic acids is 3. The molecule has 1 heterocycles. The van der Waals surface area contributed by atoms with Gasteiger partial charge in [-0.05, 0) is 17.7 Å². The molecule has 1 aromatic rings. The molecule has 0 aromatic heterocycles. The number of nitrogens with zero attached hydrogens (tertiary/aromatic N) is 1. The summed E-state index contributed by atoms with van der Waals surface area (Å²) in [4.78, 5) is 36.7. The van der Waals surface area contributed by atoms with Gasteiger partial charge in [0.1, 0.15) is 6.29 Å². The molecule has 2 rings (SSSR count). The van der Waals surface area contributed by atoms with Gasteiger partial charge in [-0.3, -0.25) is 14.3 Å². The zero-order valence-corrected chi connectivity index (χ0v) is 14.4. The van der Waals surface area contributed by atoms with Crippen molar-refractivity contribution in [2.24, 2.45) is 5.92 Å². The van der Waals surface area contributed by atoms with Gasteiger partial charge in [0.25, 0.3) is 0 Å². The third kappa shape index (κ3) is 5.06. The van der Waals surface area contributed by atoms with Gasteiger partial charge in [0.05, 0.1) is 6.04 Å². The highest BCUT2D eigenvalue weighted by Gasteiger charge is 2.32. The van der Waals surface area contributed by atoms with E-state index < -0.39 is 6.04 Å². The molecule has 1 unspecified atom stereocenters. The van der Waals surface area contributed by atoms with Crippen LogP contribution in [0.15, 0.2) is 24.3 Å². The van der Waals surface area contributed by atoms with Gasteiger partial charge in [-0.1, -0.05) is 35.7 Å². The standard InChI is InChI=1S/C16H19ClN2O3S/c1-19(8-11-2-4-13(17)5-3-11)15(22)7-6-14(21)16-12(9-20)10-23-18-16/h2-5,9,12,16,18H,6-8,10H2,1H3/t12-,16?/m1/s1. The number of ketones is 1. The Balaban J connectivity index is 1.80. The van der Waals surface area contributed by atoms with Gasteiger partial charge < -0.3 is 9.69 Å². The number of halogens is 1. The average Bonchev–Trinajstić information content (AvgIpc) is 3.03. The Morgan fingerprint density at radius 2 is 2.04 bits per heavy atom. The van der Waals surface area contributed by atoms with Crippen molar-refractivity contribution in [1.29, 1.82) is 0 Å². The first-order valence-electron chi connectivity index (χ1n) is 7.35. The Hall–Kier alpha value is -1.37. The molecule has 1 aliphatic rings. The molecule has 1 saturated heterocycles. The summed E-state index contributed by atoms with van der Waals surface area (Å²) in [5, 5.41) is 0.653. The van der Waals surface area contributed by atoms with Crippen LogP contribution in [-0.4, -0.2) is 41.7 Å². The fourth-order valence-electron chi connectivity index (χ4n) is 2.37. The predicted octanol–water partition coefficient (Wildman–Crippen LogP) is 2.08. The molecule has 124 valence electrons. The maximum absolute atomic E-state index is 12.1. The molecule has 0 saturated carbocycles. The van der Waals surface area contributed by atoms with E-state index in [1.54, 1.807) is 24.1 Å². The second-order valence-electron chi connectivity index (χ2n) is 5.55. The molecule has 7 heteroatoms. The summed E-state index contributed by atoms with van der Waals surface area (Å²) in [6.45, 7) is 0.471. The van der Waals surface area contributed by atoms with Gasteiger partial charge in [0.2, 0.25) is 5.91 Å². The van der Waals surface area contributed by atoms with Crippen molar-refractivity contribution in [2.45, 2.75) is 25.4 Å². The monoisotopic (exact) mass is 354 g/mol. The van der Waals surface area contributed by atoms with Gasteiger partial charge in [0, 0.05) is 43.1 Å². The van der Waals surface area contributed by atoms with Gasteiger partial charge in [0.15, 0.2) is 5.78 Å². The van der Waals surface area contributed by atoms with Crippen LogP contribution in [0.4, 0.5) is 0 Å². The third-order valence-electron chi connectivity index (χ3n) is 3.78. The maximum atomic E-state index is 12.1. The van der Waals surface area contributed by atoms with Crippen molar-refractivity contribution in [2.75, 3.05) is 12.8 Å². The molecular weight excluding hydrogens is 336 g/mol. The van der Waals surface area contributed by atoms with Crippen molar-refractivity contribution >= 4 is 41.5 Å². The van der Waals surface area contributed by atoms with Crippen LogP contribution < -0.4 is 4.72 Å². The summed E-state index contributed by atoms with van der Waals surface area (Å²) in [5.41, 5.74) is 0.978. The lowest BCUT2D eigenvalue weighted by molar-refractivity contribution is -0.133. The minimum absolute atomic E-state index is 0.0830. The minimum atomic E-state index is -0.466. The van der Waals surface area contributed by atoms with Crippen LogP contribution in [-0.2, 0) is 20.9 Å². The lowest BCUT2D eigenvalue weighted by atomic mass is 9.97. The molecular formula is C16H19ClN2O3S. The van der Waals surface area contributed by atoms with Crippen LogP contribution in [0.5, 0.6) is 0 Å². The first-order valence-corrected chi connectivity index (χ1v) is 8.71. The summed E-state index contributed by atoms with van der Waals surface area (Å²) in [7, 11) is 1.71. The Morgan fingerprint density at radius 1 is 1.35 bits per heavy atom. The zero-order chi connectivity index (χ0) is 16.8. The summed E-state index contributed by atoms with van der Waals surface area (Å²) in [6.07, 6.45) is 1.10. The van der Waals surface area contributed by atoms with E-state index in [9.17, 15) is 14.4 Å². The van der Waals surface area contributed by atoms with Crippen LogP contribution in [0.1, 0.15) is 18.4 Å². The number of benzene rings is 1. The molecule has 2 atom stereocenters. The number of aldehydes is 1. The highest BCUT2D eigenvalue weighted by Crippen LogP contribution is 2.21. The molecule has 0 bridgehead atoms. The Labute approximate surface area is 144 Å². The van der Waals surface area contributed by atoms with Gasteiger partial charge in [-0.15, -0.1) is 0 Å². The highest BCUT2D eigenvalue weighted by atomic mass is 35.5. The van der Waals surface area contributed by atoms with Crippen LogP contribution in [0.3, 0.4) is 0 Å². The number of Topliss-reactive ketones (excluding diaryl/α,β-unsaturated/α-hetero) is 1. The van der Waals surface area contributed by atoms with Crippen LogP contribution >= 0.6 is 23.5 Å². The number of hydrogen-bond acceptors (Lipinski definition) is 5. The summed E-state index contributed by atoms with van der Waals surface area (Å²) >= 11 is 7.21. The highest BCUT2D eigenvalue weighted by molar-refractivity contribution is 7.97. The largest absolute Gasteiger partial charge is 0.341 e. The molecule has 1 aromatic carbocycles. The van der Waals surface area contributed by atoms with Gasteiger partial charge in [-0.25, -0.2) is 0 Å². The molecule has 1 aliphatic heterocycles. The van der Waals surface area contributed by atoms with E-state index in [2.05, 4.69) is 4.72 Å². The average molecular weight is 355 g/mol. The molecule has 0 spiro atoms. The molecule has 1 N–H and O–H groups in total. The van der Waals surface area contributed by atoms with Gasteiger partial charge in [-0.2, -0.15) is 0 Å². The van der Waals surface area contributed by atoms with E-state index in [1.807, 2.05) is 12.1 Å². The molecule has 1 fully saturated rings. The third-order valence-corrected chi connectivity index (χ3v) is 5.00. The SMILES string of the molecule is CN(Cc1ccc(Cl)cc1)C(=O)CCC(=O)C1NSC[C@H]1C=O. The van der Waals surface area contributed by atoms with Crippen molar-refractivity contribution in [1.82, 2.24) is 9.62 Å². The maximum Gasteiger partial charge on any atom is 0.223 e. The van der Waals surface area contributed by atoms with E-state index in [1.165, 1.54) is 11.9 Å². The number of nitrogens with one attached hydrogen (secondary N) is 1. The molecule has 0 radical (unpaired) electrons. The predicted molar refractivity (Wildman–Crippen MR) is 91.1 cm³/mol. The zero-order valence-electron chi connectivity index (χ0n) is 12.8. The van der Waals surface area contributed by atoms with E-state index in [0.29, 0.717) is 17.3 Å². The fraction of sp³-hybridized carbons (Fsp3) is 0.438. The lowest BCUT2D eigenvalue weighted by Crippen LogP contribution is -2.36.